The molecule has 4 rings (SSSR count). The van der Waals surface area contributed by atoms with E-state index in [4.69, 9.17) is 0 Å². The van der Waals surface area contributed by atoms with Gasteiger partial charge in [0.05, 0.1) is 17.6 Å². The number of nitrogens with one attached hydrogen (secondary N) is 2. The van der Waals surface area contributed by atoms with Crippen LogP contribution in [0.15, 0.2) is 36.7 Å². The molecule has 0 spiro atoms. The number of hydrogen-bond acceptors (Lipinski definition) is 5. The summed E-state index contributed by atoms with van der Waals surface area (Å²) in [5.41, 5.74) is 0.553. The zero-order valence-corrected chi connectivity index (χ0v) is 14.5. The van der Waals surface area contributed by atoms with Crippen molar-refractivity contribution in [3.8, 4) is 11.4 Å². The molecule has 6 nitrogen and oxygen atoms in total. The molecule has 0 saturated carbocycles. The van der Waals surface area contributed by atoms with Crippen LogP contribution >= 0.6 is 0 Å². The van der Waals surface area contributed by atoms with E-state index in [0.717, 1.165) is 31.8 Å². The molecule has 28 heavy (non-hydrogen) atoms. The lowest BCUT2D eigenvalue weighted by Crippen LogP contribution is -2.22. The first-order valence-corrected chi connectivity index (χ1v) is 8.68. The average Bonchev–Trinajstić information content (AvgIpc) is 3.28. The number of rotatable bonds is 4. The molecule has 0 aromatic carbocycles. The monoisotopic (exact) mass is 395 g/mol. The van der Waals surface area contributed by atoms with E-state index in [9.17, 15) is 22.7 Å². The van der Waals surface area contributed by atoms with Crippen molar-refractivity contribution in [1.29, 1.82) is 0 Å². The van der Waals surface area contributed by atoms with E-state index in [1.54, 1.807) is 0 Å². The number of alkyl halides is 3. The van der Waals surface area contributed by atoms with E-state index in [1.807, 2.05) is 0 Å². The molecular formula is C18H17F4N5O. The molecule has 3 aromatic rings. The minimum absolute atomic E-state index is 0.123. The van der Waals surface area contributed by atoms with Crippen molar-refractivity contribution in [2.24, 2.45) is 0 Å². The minimum Gasteiger partial charge on any atom is -0.379 e. The van der Waals surface area contributed by atoms with E-state index in [1.165, 1.54) is 28.8 Å². The molecule has 0 bridgehead atoms. The molecule has 4 heterocycles. The van der Waals surface area contributed by atoms with Crippen LogP contribution in [-0.4, -0.2) is 44.8 Å². The van der Waals surface area contributed by atoms with Gasteiger partial charge in [0.25, 0.3) is 0 Å². The number of aliphatic hydroxyl groups excluding tert-OH is 1. The van der Waals surface area contributed by atoms with Crippen LogP contribution in [-0.2, 0) is 0 Å². The maximum Gasteiger partial charge on any atom is 0.418 e. The Bertz CT molecular complexity index is 997. The van der Waals surface area contributed by atoms with Crippen molar-refractivity contribution in [1.82, 2.24) is 19.7 Å². The van der Waals surface area contributed by atoms with Crippen LogP contribution in [0, 0.1) is 5.82 Å². The highest BCUT2D eigenvalue weighted by atomic mass is 19.4. The molecule has 2 unspecified atom stereocenters. The molecule has 3 N–H and O–H groups in total. The van der Waals surface area contributed by atoms with Crippen molar-refractivity contribution >= 4 is 11.5 Å². The van der Waals surface area contributed by atoms with Gasteiger partial charge < -0.3 is 15.7 Å². The van der Waals surface area contributed by atoms with Crippen LogP contribution in [0.25, 0.3) is 17.0 Å². The van der Waals surface area contributed by atoms with Gasteiger partial charge in [-0.15, -0.1) is 0 Å². The van der Waals surface area contributed by atoms with Crippen LogP contribution in [0.1, 0.15) is 18.1 Å². The summed E-state index contributed by atoms with van der Waals surface area (Å²) in [6, 6.07) is 5.09. The molecule has 10 heteroatoms. The Labute approximate surface area is 157 Å². The molecule has 0 radical (unpaired) electrons. The number of imidazole rings is 1. The summed E-state index contributed by atoms with van der Waals surface area (Å²) in [6.45, 7) is 1.60. The average molecular weight is 395 g/mol. The van der Waals surface area contributed by atoms with Gasteiger partial charge in [-0.05, 0) is 19.0 Å². The van der Waals surface area contributed by atoms with Gasteiger partial charge in [0.15, 0.2) is 6.10 Å². The highest BCUT2D eigenvalue weighted by Crippen LogP contribution is 2.33. The third-order valence-electron chi connectivity index (χ3n) is 4.62. The van der Waals surface area contributed by atoms with Gasteiger partial charge in [0, 0.05) is 36.5 Å². The number of nitrogens with zero attached hydrogens (tertiary/aromatic N) is 3. The fraction of sp³-hybridized carbons (Fsp3) is 0.333. The first-order chi connectivity index (χ1) is 13.3. The second kappa shape index (κ2) is 7.02. The predicted octanol–water partition coefficient (Wildman–Crippen LogP) is 2.90. The number of halogens is 4. The van der Waals surface area contributed by atoms with Crippen molar-refractivity contribution in [3.63, 3.8) is 0 Å². The Morgan fingerprint density at radius 1 is 1.29 bits per heavy atom. The smallest absolute Gasteiger partial charge is 0.379 e. The number of anilines is 1. The summed E-state index contributed by atoms with van der Waals surface area (Å²) in [5, 5.41) is 15.9. The number of fused-ring (bicyclic) bond motifs is 1. The Kier molecular flexibility index (Phi) is 4.68. The summed E-state index contributed by atoms with van der Waals surface area (Å²) in [4.78, 5) is 8.52. The predicted molar refractivity (Wildman–Crippen MR) is 94.3 cm³/mol. The van der Waals surface area contributed by atoms with Gasteiger partial charge >= 0.3 is 6.18 Å². The molecular weight excluding hydrogens is 378 g/mol. The molecule has 1 fully saturated rings. The van der Waals surface area contributed by atoms with Crippen LogP contribution in [0.3, 0.4) is 0 Å². The zero-order valence-electron chi connectivity index (χ0n) is 14.5. The number of aliphatic hydroxyl groups is 1. The Morgan fingerprint density at radius 3 is 2.82 bits per heavy atom. The Morgan fingerprint density at radius 2 is 2.11 bits per heavy atom. The summed E-state index contributed by atoms with van der Waals surface area (Å²) in [5.74, 6) is -0.190. The molecule has 1 saturated heterocycles. The molecule has 3 aromatic heterocycles. The first-order valence-electron chi connectivity index (χ1n) is 8.68. The number of pyridine rings is 2. The van der Waals surface area contributed by atoms with Crippen molar-refractivity contribution in [3.05, 3.63) is 48.0 Å². The highest BCUT2D eigenvalue weighted by molar-refractivity contribution is 5.62. The van der Waals surface area contributed by atoms with Gasteiger partial charge in [-0.25, -0.2) is 14.4 Å². The molecule has 2 atom stereocenters. The number of aromatic nitrogens is 3. The molecule has 1 aliphatic heterocycles. The minimum atomic E-state index is -4.79. The van der Waals surface area contributed by atoms with E-state index in [-0.39, 0.29) is 17.3 Å². The van der Waals surface area contributed by atoms with Crippen LogP contribution < -0.4 is 10.6 Å². The second-order valence-electron chi connectivity index (χ2n) is 6.67. The van der Waals surface area contributed by atoms with Crippen LogP contribution in [0.4, 0.5) is 23.4 Å². The third kappa shape index (κ3) is 3.65. The van der Waals surface area contributed by atoms with Crippen molar-refractivity contribution in [2.75, 3.05) is 18.4 Å². The Balaban J connectivity index is 1.73. The van der Waals surface area contributed by atoms with Crippen LogP contribution in [0.5, 0.6) is 0 Å². The lowest BCUT2D eigenvalue weighted by molar-refractivity contribution is -0.206. The molecule has 148 valence electrons. The SMILES string of the molecule is OC(c1ccc2ncc(-c3cc(F)cc(NC4CCNC4)n3)n2c1)C(F)(F)F. The van der Waals surface area contributed by atoms with Gasteiger partial charge in [-0.2, -0.15) is 13.2 Å². The third-order valence-corrected chi connectivity index (χ3v) is 4.62. The quantitative estimate of drug-likeness (QED) is 0.593. The van der Waals surface area contributed by atoms with Gasteiger partial charge in [-0.1, -0.05) is 6.07 Å². The van der Waals surface area contributed by atoms with Crippen LogP contribution in [0.2, 0.25) is 0 Å². The maximum atomic E-state index is 14.1. The molecule has 0 amide bonds. The Hall–Kier alpha value is -2.72. The van der Waals surface area contributed by atoms with E-state index >= 15 is 0 Å². The fourth-order valence-corrected chi connectivity index (χ4v) is 3.23. The van der Waals surface area contributed by atoms with Crippen molar-refractivity contribution in [2.45, 2.75) is 24.7 Å². The lowest BCUT2D eigenvalue weighted by atomic mass is 10.1. The lowest BCUT2D eigenvalue weighted by Gasteiger charge is -2.15. The summed E-state index contributed by atoms with van der Waals surface area (Å²) in [6.07, 6.45) is -4.00. The van der Waals surface area contributed by atoms with E-state index < -0.39 is 18.1 Å². The number of hydrogen-bond donors (Lipinski definition) is 3. The van der Waals surface area contributed by atoms with Gasteiger partial charge in [0.1, 0.15) is 17.3 Å². The van der Waals surface area contributed by atoms with Gasteiger partial charge in [0.2, 0.25) is 0 Å². The highest BCUT2D eigenvalue weighted by Gasteiger charge is 2.39. The first kappa shape index (κ1) is 18.6. The summed E-state index contributed by atoms with van der Waals surface area (Å²) < 4.78 is 54.0. The topological polar surface area (TPSA) is 74.5 Å². The summed E-state index contributed by atoms with van der Waals surface area (Å²) in [7, 11) is 0. The summed E-state index contributed by atoms with van der Waals surface area (Å²) >= 11 is 0. The molecule has 0 aliphatic carbocycles. The molecule has 1 aliphatic rings. The maximum absolute atomic E-state index is 14.1. The van der Waals surface area contributed by atoms with E-state index in [0.29, 0.717) is 17.2 Å². The van der Waals surface area contributed by atoms with Gasteiger partial charge in [-0.3, -0.25) is 4.40 Å². The van der Waals surface area contributed by atoms with E-state index in [2.05, 4.69) is 20.6 Å². The standard InChI is InChI=1S/C18H17F4N5O/c19-11-5-13(26-15(6-11)25-12-3-4-23-7-12)14-8-24-16-2-1-10(9-27(14)16)17(28)18(20,21)22/h1-2,5-6,8-9,12,17,23,28H,3-4,7H2,(H,25,26). The zero-order chi connectivity index (χ0) is 19.9. The largest absolute Gasteiger partial charge is 0.418 e. The fourth-order valence-electron chi connectivity index (χ4n) is 3.23. The second-order valence-corrected chi connectivity index (χ2v) is 6.67. The van der Waals surface area contributed by atoms with Crippen molar-refractivity contribution < 1.29 is 22.7 Å². The normalized spacial score (nSPS) is 18.5.